The van der Waals surface area contributed by atoms with Gasteiger partial charge < -0.3 is 4.90 Å². The molecular weight excluding hydrogens is 228 g/mol. The minimum Gasteiger partial charge on any atom is -0.301 e. The Labute approximate surface area is 112 Å². The zero-order valence-electron chi connectivity index (χ0n) is 12.5. The summed E-state index contributed by atoms with van der Waals surface area (Å²) >= 11 is 1.96. The van der Waals surface area contributed by atoms with Crippen LogP contribution in [0, 0.1) is 5.41 Å². The number of hydrogen-bond donors (Lipinski definition) is 0. The molecule has 0 aromatic rings. The van der Waals surface area contributed by atoms with Gasteiger partial charge in [-0.05, 0) is 38.5 Å². The van der Waals surface area contributed by atoms with Crippen molar-refractivity contribution in [3.8, 4) is 0 Å². The standard InChI is InChI=1S/C14H30N2S/c1-13(2,3)7-8-15-9-11-16(12-10-15)14(4,5)17-6/h7-12H2,1-6H3. The molecule has 0 aromatic carbocycles. The van der Waals surface area contributed by atoms with Gasteiger partial charge in [0.1, 0.15) is 0 Å². The van der Waals surface area contributed by atoms with Gasteiger partial charge in [-0.3, -0.25) is 4.90 Å². The highest BCUT2D eigenvalue weighted by Gasteiger charge is 2.29. The van der Waals surface area contributed by atoms with Crippen molar-refractivity contribution in [2.24, 2.45) is 5.41 Å². The van der Waals surface area contributed by atoms with Crippen LogP contribution in [0.25, 0.3) is 0 Å². The van der Waals surface area contributed by atoms with Crippen molar-refractivity contribution in [2.45, 2.75) is 45.9 Å². The molecule has 1 aliphatic rings. The Bertz CT molecular complexity index is 225. The average Bonchev–Trinajstić information content (AvgIpc) is 2.26. The monoisotopic (exact) mass is 258 g/mol. The van der Waals surface area contributed by atoms with E-state index in [1.807, 2.05) is 11.8 Å². The SMILES string of the molecule is CSC(C)(C)N1CCN(CCC(C)(C)C)CC1. The molecule has 1 heterocycles. The van der Waals surface area contributed by atoms with Gasteiger partial charge in [-0.15, -0.1) is 11.8 Å². The normalized spacial score (nSPS) is 20.8. The minimum absolute atomic E-state index is 0.302. The van der Waals surface area contributed by atoms with Crippen LogP contribution < -0.4 is 0 Å². The number of hydrogen-bond acceptors (Lipinski definition) is 3. The Morgan fingerprint density at radius 3 is 1.88 bits per heavy atom. The summed E-state index contributed by atoms with van der Waals surface area (Å²) in [5.41, 5.74) is 0.468. The van der Waals surface area contributed by atoms with Gasteiger partial charge in [0.15, 0.2) is 0 Å². The van der Waals surface area contributed by atoms with E-state index >= 15 is 0 Å². The lowest BCUT2D eigenvalue weighted by atomic mass is 9.92. The van der Waals surface area contributed by atoms with Crippen molar-refractivity contribution < 1.29 is 0 Å². The Kier molecular flexibility index (Phi) is 5.36. The molecular formula is C14H30N2S. The van der Waals surface area contributed by atoms with Crippen LogP contribution in [0.1, 0.15) is 41.0 Å². The third-order valence-corrected chi connectivity index (χ3v) is 5.07. The van der Waals surface area contributed by atoms with Crippen LogP contribution in [0.15, 0.2) is 0 Å². The lowest BCUT2D eigenvalue weighted by Gasteiger charge is -2.43. The van der Waals surface area contributed by atoms with Gasteiger partial charge in [0.25, 0.3) is 0 Å². The second kappa shape index (κ2) is 5.94. The fourth-order valence-corrected chi connectivity index (χ4v) is 2.57. The molecule has 1 saturated heterocycles. The molecule has 3 heteroatoms. The summed E-state index contributed by atoms with van der Waals surface area (Å²) in [6, 6.07) is 0. The molecule has 0 unspecified atom stereocenters. The lowest BCUT2D eigenvalue weighted by molar-refractivity contribution is 0.0883. The predicted molar refractivity (Wildman–Crippen MR) is 79.7 cm³/mol. The Hall–Kier alpha value is 0.270. The van der Waals surface area contributed by atoms with E-state index in [0.717, 1.165) is 0 Å². The quantitative estimate of drug-likeness (QED) is 0.765. The highest BCUT2D eigenvalue weighted by atomic mass is 32.2. The van der Waals surface area contributed by atoms with E-state index in [1.54, 1.807) is 0 Å². The molecule has 0 spiro atoms. The van der Waals surface area contributed by atoms with Crippen LogP contribution in [0.5, 0.6) is 0 Å². The number of thioether (sulfide) groups is 1. The van der Waals surface area contributed by atoms with Crippen molar-refractivity contribution in [2.75, 3.05) is 39.0 Å². The highest BCUT2D eigenvalue weighted by molar-refractivity contribution is 7.99. The molecule has 0 saturated carbocycles. The molecule has 0 aliphatic carbocycles. The maximum absolute atomic E-state index is 2.62. The van der Waals surface area contributed by atoms with Crippen molar-refractivity contribution in [3.63, 3.8) is 0 Å². The first-order valence-electron chi connectivity index (χ1n) is 6.77. The molecule has 1 rings (SSSR count). The van der Waals surface area contributed by atoms with Gasteiger partial charge in [0.05, 0.1) is 4.87 Å². The van der Waals surface area contributed by atoms with Gasteiger partial charge in [-0.1, -0.05) is 20.8 Å². The summed E-state index contributed by atoms with van der Waals surface area (Å²) in [6.07, 6.45) is 3.52. The molecule has 2 nitrogen and oxygen atoms in total. The van der Waals surface area contributed by atoms with Crippen LogP contribution in [0.3, 0.4) is 0 Å². The summed E-state index contributed by atoms with van der Waals surface area (Å²) in [6.45, 7) is 17.8. The highest BCUT2D eigenvalue weighted by Crippen LogP contribution is 2.27. The molecule has 0 bridgehead atoms. The largest absolute Gasteiger partial charge is 0.301 e. The van der Waals surface area contributed by atoms with E-state index < -0.39 is 0 Å². The third-order valence-electron chi connectivity index (χ3n) is 3.81. The second-order valence-electron chi connectivity index (χ2n) is 6.79. The van der Waals surface area contributed by atoms with E-state index in [9.17, 15) is 0 Å². The van der Waals surface area contributed by atoms with E-state index in [1.165, 1.54) is 39.1 Å². The molecule has 1 fully saturated rings. The van der Waals surface area contributed by atoms with Crippen LogP contribution in [0.4, 0.5) is 0 Å². The molecule has 1 aliphatic heterocycles. The maximum atomic E-state index is 2.62. The van der Waals surface area contributed by atoms with Crippen molar-refractivity contribution >= 4 is 11.8 Å². The van der Waals surface area contributed by atoms with Crippen molar-refractivity contribution in [1.29, 1.82) is 0 Å². The summed E-state index contributed by atoms with van der Waals surface area (Å²) < 4.78 is 0. The Balaban J connectivity index is 2.31. The number of rotatable bonds is 4. The Morgan fingerprint density at radius 2 is 1.47 bits per heavy atom. The molecule has 17 heavy (non-hydrogen) atoms. The zero-order chi connectivity index (χ0) is 13.1. The molecule has 102 valence electrons. The fraction of sp³-hybridized carbons (Fsp3) is 1.00. The molecule has 0 radical (unpaired) electrons. The van der Waals surface area contributed by atoms with Crippen molar-refractivity contribution in [3.05, 3.63) is 0 Å². The molecule has 0 N–H and O–H groups in total. The summed E-state index contributed by atoms with van der Waals surface area (Å²) in [4.78, 5) is 5.54. The van der Waals surface area contributed by atoms with E-state index in [4.69, 9.17) is 0 Å². The van der Waals surface area contributed by atoms with Gasteiger partial charge in [-0.2, -0.15) is 0 Å². The smallest absolute Gasteiger partial charge is 0.0611 e. The van der Waals surface area contributed by atoms with Crippen molar-refractivity contribution in [1.82, 2.24) is 9.80 Å². The minimum atomic E-state index is 0.302. The van der Waals surface area contributed by atoms with E-state index in [-0.39, 0.29) is 0 Å². The number of piperazine rings is 1. The van der Waals surface area contributed by atoms with Gasteiger partial charge in [0, 0.05) is 26.2 Å². The van der Waals surface area contributed by atoms with Crippen LogP contribution in [-0.4, -0.2) is 53.7 Å². The average molecular weight is 258 g/mol. The number of nitrogens with zero attached hydrogens (tertiary/aromatic N) is 2. The first kappa shape index (κ1) is 15.3. The fourth-order valence-electron chi connectivity index (χ4n) is 2.13. The van der Waals surface area contributed by atoms with E-state index in [0.29, 0.717) is 10.3 Å². The molecule has 0 atom stereocenters. The molecule has 0 amide bonds. The first-order chi connectivity index (χ1) is 7.74. The topological polar surface area (TPSA) is 6.48 Å². The van der Waals surface area contributed by atoms with Crippen LogP contribution >= 0.6 is 11.8 Å². The van der Waals surface area contributed by atoms with Crippen LogP contribution in [0.2, 0.25) is 0 Å². The third kappa shape index (κ3) is 5.19. The second-order valence-corrected chi connectivity index (χ2v) is 8.20. The predicted octanol–water partition coefficient (Wildman–Crippen LogP) is 3.14. The zero-order valence-corrected chi connectivity index (χ0v) is 13.4. The van der Waals surface area contributed by atoms with Crippen LogP contribution in [-0.2, 0) is 0 Å². The summed E-state index contributed by atoms with van der Waals surface area (Å²) in [7, 11) is 0. The Morgan fingerprint density at radius 1 is 0.941 bits per heavy atom. The summed E-state index contributed by atoms with van der Waals surface area (Å²) in [5.74, 6) is 0. The summed E-state index contributed by atoms with van der Waals surface area (Å²) in [5, 5.41) is 0. The van der Waals surface area contributed by atoms with Gasteiger partial charge in [-0.25, -0.2) is 0 Å². The first-order valence-corrected chi connectivity index (χ1v) is 8.00. The van der Waals surface area contributed by atoms with Gasteiger partial charge in [0.2, 0.25) is 0 Å². The maximum Gasteiger partial charge on any atom is 0.0611 e. The lowest BCUT2D eigenvalue weighted by Crippen LogP contribution is -2.53. The van der Waals surface area contributed by atoms with E-state index in [2.05, 4.69) is 50.7 Å². The molecule has 0 aromatic heterocycles. The van der Waals surface area contributed by atoms with Gasteiger partial charge >= 0.3 is 0 Å².